The third-order valence-electron chi connectivity index (χ3n) is 6.23. The maximum Gasteiger partial charge on any atom is 0.248 e. The highest BCUT2D eigenvalue weighted by atomic mass is 79.9. The molecule has 1 saturated heterocycles. The van der Waals surface area contributed by atoms with E-state index in [0.717, 1.165) is 93.1 Å². The Labute approximate surface area is 226 Å². The lowest BCUT2D eigenvalue weighted by Crippen LogP contribution is -2.36. The van der Waals surface area contributed by atoms with Crippen molar-refractivity contribution in [2.24, 2.45) is 4.99 Å². The molecule has 0 radical (unpaired) electrons. The zero-order chi connectivity index (χ0) is 26.3. The molecule has 202 valence electrons. The van der Waals surface area contributed by atoms with E-state index in [1.807, 2.05) is 18.0 Å². The number of likely N-dealkylation sites (N-methyl/N-ethyl adjacent to an activating group) is 1. The first-order valence-corrected chi connectivity index (χ1v) is 14.0. The van der Waals surface area contributed by atoms with Crippen LogP contribution in [0.5, 0.6) is 0 Å². The van der Waals surface area contributed by atoms with E-state index < -0.39 is 0 Å². The quantitative estimate of drug-likeness (QED) is 0.118. The number of allylic oxidation sites excluding steroid dienone is 3. The number of nitrogens with one attached hydrogen (secondary N) is 2. The van der Waals surface area contributed by atoms with E-state index in [1.165, 1.54) is 5.71 Å². The summed E-state index contributed by atoms with van der Waals surface area (Å²) in [5, 5.41) is 7.01. The van der Waals surface area contributed by atoms with Gasteiger partial charge in [0.2, 0.25) is 5.91 Å². The zero-order valence-electron chi connectivity index (χ0n) is 22.9. The molecule has 1 fully saturated rings. The number of hydrogen-bond acceptors (Lipinski definition) is 5. The van der Waals surface area contributed by atoms with Gasteiger partial charge in [-0.2, -0.15) is 0 Å². The maximum atomic E-state index is 12.1. The molecule has 1 amide bonds. The molecular formula is C27H46BrN6O2+. The maximum absolute atomic E-state index is 12.1. The van der Waals surface area contributed by atoms with Gasteiger partial charge in [-0.3, -0.25) is 4.79 Å². The predicted octanol–water partition coefficient (Wildman–Crippen LogP) is 3.47. The summed E-state index contributed by atoms with van der Waals surface area (Å²) >= 11 is 3.71. The summed E-state index contributed by atoms with van der Waals surface area (Å²) in [4.78, 5) is 20.9. The molecule has 0 aromatic carbocycles. The Kier molecular flexibility index (Phi) is 14.0. The molecule has 0 aromatic heterocycles. The van der Waals surface area contributed by atoms with Crippen molar-refractivity contribution in [1.82, 2.24) is 20.4 Å². The second kappa shape index (κ2) is 16.7. The second-order valence-electron chi connectivity index (χ2n) is 9.57. The first-order chi connectivity index (χ1) is 17.3. The minimum atomic E-state index is 0.0917. The van der Waals surface area contributed by atoms with E-state index in [2.05, 4.69) is 81.1 Å². The van der Waals surface area contributed by atoms with E-state index >= 15 is 0 Å². The van der Waals surface area contributed by atoms with Gasteiger partial charge in [-0.15, -0.1) is 0 Å². The number of nitrogens with zero attached hydrogens (tertiary/aromatic N) is 4. The van der Waals surface area contributed by atoms with Crippen molar-refractivity contribution in [2.45, 2.75) is 52.9 Å². The smallest absolute Gasteiger partial charge is 0.248 e. The van der Waals surface area contributed by atoms with Crippen molar-refractivity contribution in [3.05, 3.63) is 34.2 Å². The number of amidine groups is 1. The Balaban J connectivity index is 1.93. The molecule has 36 heavy (non-hydrogen) atoms. The number of ether oxygens (including phenoxy) is 1. The van der Waals surface area contributed by atoms with Crippen LogP contribution >= 0.6 is 15.9 Å². The van der Waals surface area contributed by atoms with Crippen LogP contribution < -0.4 is 10.6 Å². The Hall–Kier alpha value is -1.97. The summed E-state index contributed by atoms with van der Waals surface area (Å²) in [7, 11) is 4.22. The molecule has 9 heteroatoms. The standard InChI is InChI=1S/C27H46BrN6O2/c1-6-7-11-26(29-13-9-15-34-16-10-19-36-21-27(34)35)24(28)20-30-23(3)31-25-12-8-14-33(22(25)2)18-17-32(4)5/h11-12,20,29H,6-10,13-19,21H2,1-5H3,(H,30,31)/q+1/b24-20+,26-11-. The van der Waals surface area contributed by atoms with Gasteiger partial charge in [0.15, 0.2) is 12.3 Å². The lowest BCUT2D eigenvalue weighted by atomic mass is 10.1. The largest absolute Gasteiger partial charge is 0.384 e. The van der Waals surface area contributed by atoms with Gasteiger partial charge in [0.25, 0.3) is 0 Å². The highest BCUT2D eigenvalue weighted by Gasteiger charge is 2.19. The number of carbonyl (C=O) groups excluding carboxylic acids is 1. The average Bonchev–Trinajstić information content (AvgIpc) is 3.06. The van der Waals surface area contributed by atoms with Crippen LogP contribution in [0.1, 0.15) is 52.9 Å². The van der Waals surface area contributed by atoms with E-state index in [9.17, 15) is 4.79 Å². The van der Waals surface area contributed by atoms with Crippen LogP contribution in [0, 0.1) is 0 Å². The minimum Gasteiger partial charge on any atom is -0.384 e. The minimum absolute atomic E-state index is 0.0917. The van der Waals surface area contributed by atoms with E-state index in [4.69, 9.17) is 4.74 Å². The van der Waals surface area contributed by atoms with Crippen LogP contribution in [0.2, 0.25) is 0 Å². The van der Waals surface area contributed by atoms with Gasteiger partial charge in [-0.25, -0.2) is 9.57 Å². The van der Waals surface area contributed by atoms with Gasteiger partial charge in [0.05, 0.1) is 11.0 Å². The fourth-order valence-corrected chi connectivity index (χ4v) is 4.45. The normalized spacial score (nSPS) is 18.5. The van der Waals surface area contributed by atoms with Crippen molar-refractivity contribution in [3.63, 3.8) is 0 Å². The van der Waals surface area contributed by atoms with E-state index in [1.54, 1.807) is 0 Å². The number of aliphatic imine (C=N–C) groups is 1. The number of hydrogen-bond donors (Lipinski definition) is 2. The molecule has 0 atom stereocenters. The van der Waals surface area contributed by atoms with Crippen LogP contribution in [0.25, 0.3) is 0 Å². The highest BCUT2D eigenvalue weighted by Crippen LogP contribution is 2.16. The summed E-state index contributed by atoms with van der Waals surface area (Å²) < 4.78 is 8.68. The summed E-state index contributed by atoms with van der Waals surface area (Å²) in [6.07, 6.45) is 11.2. The van der Waals surface area contributed by atoms with Crippen LogP contribution in [-0.4, -0.2) is 98.4 Å². The van der Waals surface area contributed by atoms with Gasteiger partial charge >= 0.3 is 0 Å². The molecule has 2 heterocycles. The van der Waals surface area contributed by atoms with Gasteiger partial charge in [-0.05, 0) is 62.3 Å². The molecule has 8 nitrogen and oxygen atoms in total. The molecule has 2 N–H and O–H groups in total. The van der Waals surface area contributed by atoms with Crippen molar-refractivity contribution < 1.29 is 14.1 Å². The SMILES string of the molecule is CCC/C=C(NCCCN1CCCOCC1=O)/C(Br)=C\N=C(C)NC1=CCC[N+](CCN(C)C)=C1C. The topological polar surface area (TPSA) is 72.2 Å². The molecule has 0 aromatic rings. The van der Waals surface area contributed by atoms with Crippen LogP contribution in [0.15, 0.2) is 39.2 Å². The summed E-state index contributed by atoms with van der Waals surface area (Å²) in [6, 6.07) is 0. The number of halogens is 1. The number of rotatable bonds is 13. The fourth-order valence-electron chi connectivity index (χ4n) is 4.05. The third-order valence-corrected chi connectivity index (χ3v) is 6.86. The Bertz CT molecular complexity index is 875. The molecule has 0 aliphatic carbocycles. The van der Waals surface area contributed by atoms with Gasteiger partial charge in [0.1, 0.15) is 24.7 Å². The van der Waals surface area contributed by atoms with Crippen molar-refractivity contribution in [2.75, 3.05) is 66.6 Å². The zero-order valence-corrected chi connectivity index (χ0v) is 24.5. The van der Waals surface area contributed by atoms with Gasteiger partial charge < -0.3 is 25.2 Å². The summed E-state index contributed by atoms with van der Waals surface area (Å²) in [5.74, 6) is 0.942. The molecule has 0 unspecified atom stereocenters. The summed E-state index contributed by atoms with van der Waals surface area (Å²) in [6.45, 7) is 12.6. The molecule has 0 bridgehead atoms. The highest BCUT2D eigenvalue weighted by molar-refractivity contribution is 9.12. The number of carbonyl (C=O) groups is 1. The molecule has 0 spiro atoms. The molecule has 2 aliphatic heterocycles. The van der Waals surface area contributed by atoms with E-state index in [-0.39, 0.29) is 12.5 Å². The Morgan fingerprint density at radius 3 is 2.94 bits per heavy atom. The van der Waals surface area contributed by atoms with Crippen molar-refractivity contribution in [1.29, 1.82) is 0 Å². The number of amides is 1. The first-order valence-electron chi connectivity index (χ1n) is 13.2. The van der Waals surface area contributed by atoms with Gasteiger partial charge in [-0.1, -0.05) is 19.4 Å². The number of unbranched alkanes of at least 4 members (excludes halogenated alkanes) is 1. The third kappa shape index (κ3) is 11.0. The van der Waals surface area contributed by atoms with Gasteiger partial charge in [0, 0.05) is 51.5 Å². The molecular weight excluding hydrogens is 520 g/mol. The second-order valence-corrected chi connectivity index (χ2v) is 10.4. The predicted molar refractivity (Wildman–Crippen MR) is 153 cm³/mol. The lowest BCUT2D eigenvalue weighted by molar-refractivity contribution is -0.528. The average molecular weight is 567 g/mol. The molecule has 0 saturated carbocycles. The summed E-state index contributed by atoms with van der Waals surface area (Å²) in [5.41, 5.74) is 3.44. The molecule has 2 rings (SSSR count). The Morgan fingerprint density at radius 2 is 2.19 bits per heavy atom. The van der Waals surface area contributed by atoms with Crippen LogP contribution in [-0.2, 0) is 9.53 Å². The fraction of sp³-hybridized carbons (Fsp3) is 0.667. The van der Waals surface area contributed by atoms with Crippen LogP contribution in [0.4, 0.5) is 0 Å². The van der Waals surface area contributed by atoms with Crippen molar-refractivity contribution in [3.8, 4) is 0 Å². The monoisotopic (exact) mass is 565 g/mol. The van der Waals surface area contributed by atoms with Crippen LogP contribution in [0.3, 0.4) is 0 Å². The Morgan fingerprint density at radius 1 is 1.39 bits per heavy atom. The first kappa shape index (κ1) is 30.3. The molecule has 2 aliphatic rings. The van der Waals surface area contributed by atoms with E-state index in [0.29, 0.717) is 6.61 Å². The lowest BCUT2D eigenvalue weighted by Gasteiger charge is -2.20. The van der Waals surface area contributed by atoms with Crippen molar-refractivity contribution >= 4 is 33.4 Å².